The fourth-order valence-corrected chi connectivity index (χ4v) is 2.33. The SMILES string of the molecule is COCCN(CCOC)c1ncc(CNC2CC2)cc1C. The van der Waals surface area contributed by atoms with Gasteiger partial charge in [0, 0.05) is 46.1 Å². The Balaban J connectivity index is 1.99. The largest absolute Gasteiger partial charge is 0.383 e. The van der Waals surface area contributed by atoms with Gasteiger partial charge in [-0.2, -0.15) is 0 Å². The van der Waals surface area contributed by atoms with Crippen LogP contribution in [0.15, 0.2) is 12.3 Å². The van der Waals surface area contributed by atoms with Gasteiger partial charge in [0.1, 0.15) is 5.82 Å². The Morgan fingerprint density at radius 3 is 2.43 bits per heavy atom. The van der Waals surface area contributed by atoms with Gasteiger partial charge in [0.2, 0.25) is 0 Å². The van der Waals surface area contributed by atoms with E-state index < -0.39 is 0 Å². The van der Waals surface area contributed by atoms with Crippen molar-refractivity contribution in [1.29, 1.82) is 0 Å². The first kappa shape index (κ1) is 16.2. The van der Waals surface area contributed by atoms with E-state index in [4.69, 9.17) is 9.47 Å². The Morgan fingerprint density at radius 1 is 1.24 bits per heavy atom. The molecule has 0 saturated heterocycles. The van der Waals surface area contributed by atoms with E-state index in [1.54, 1.807) is 14.2 Å². The van der Waals surface area contributed by atoms with Crippen LogP contribution >= 0.6 is 0 Å². The highest BCUT2D eigenvalue weighted by Gasteiger charge is 2.20. The average Bonchev–Trinajstić information content (AvgIpc) is 3.30. The monoisotopic (exact) mass is 293 g/mol. The second-order valence-corrected chi connectivity index (χ2v) is 5.61. The number of rotatable bonds is 10. The average molecular weight is 293 g/mol. The first-order chi connectivity index (χ1) is 10.2. The maximum absolute atomic E-state index is 5.19. The van der Waals surface area contributed by atoms with Crippen molar-refractivity contribution in [3.05, 3.63) is 23.4 Å². The molecule has 1 aliphatic carbocycles. The minimum Gasteiger partial charge on any atom is -0.383 e. The van der Waals surface area contributed by atoms with Gasteiger partial charge in [-0.1, -0.05) is 0 Å². The molecule has 0 unspecified atom stereocenters. The molecular weight excluding hydrogens is 266 g/mol. The van der Waals surface area contributed by atoms with Crippen molar-refractivity contribution in [2.45, 2.75) is 32.4 Å². The lowest BCUT2D eigenvalue weighted by atomic mass is 10.2. The number of methoxy groups -OCH3 is 2. The lowest BCUT2D eigenvalue weighted by molar-refractivity contribution is 0.190. The third-order valence-electron chi connectivity index (χ3n) is 3.71. The molecule has 1 saturated carbocycles. The molecule has 0 radical (unpaired) electrons. The third kappa shape index (κ3) is 5.26. The number of pyridine rings is 1. The molecule has 0 spiro atoms. The Labute approximate surface area is 127 Å². The summed E-state index contributed by atoms with van der Waals surface area (Å²) in [6, 6.07) is 2.95. The lowest BCUT2D eigenvalue weighted by Gasteiger charge is -2.25. The van der Waals surface area contributed by atoms with Gasteiger partial charge in [0.15, 0.2) is 0 Å². The Morgan fingerprint density at radius 2 is 1.90 bits per heavy atom. The van der Waals surface area contributed by atoms with Crippen LogP contribution in [0.5, 0.6) is 0 Å². The summed E-state index contributed by atoms with van der Waals surface area (Å²) in [5.41, 5.74) is 2.46. The standard InChI is InChI=1S/C16H27N3O2/c1-13-10-14(11-17-15-4-5-15)12-18-16(13)19(6-8-20-2)7-9-21-3/h10,12,15,17H,4-9,11H2,1-3H3. The fraction of sp³-hybridized carbons (Fsp3) is 0.688. The number of hydrogen-bond acceptors (Lipinski definition) is 5. The third-order valence-corrected chi connectivity index (χ3v) is 3.71. The van der Waals surface area contributed by atoms with Gasteiger partial charge < -0.3 is 19.7 Å². The lowest BCUT2D eigenvalue weighted by Crippen LogP contribution is -2.32. The topological polar surface area (TPSA) is 46.6 Å². The van der Waals surface area contributed by atoms with Gasteiger partial charge >= 0.3 is 0 Å². The number of hydrogen-bond donors (Lipinski definition) is 1. The smallest absolute Gasteiger partial charge is 0.131 e. The van der Waals surface area contributed by atoms with Gasteiger partial charge in [-0.05, 0) is 37.0 Å². The van der Waals surface area contributed by atoms with Gasteiger partial charge in [-0.3, -0.25) is 0 Å². The van der Waals surface area contributed by atoms with E-state index in [1.165, 1.54) is 24.0 Å². The number of nitrogens with zero attached hydrogens (tertiary/aromatic N) is 2. The highest BCUT2D eigenvalue weighted by Crippen LogP contribution is 2.21. The van der Waals surface area contributed by atoms with Gasteiger partial charge in [-0.25, -0.2) is 4.98 Å². The molecule has 1 aromatic heterocycles. The molecule has 118 valence electrons. The zero-order valence-electron chi connectivity index (χ0n) is 13.4. The molecule has 1 fully saturated rings. The quantitative estimate of drug-likeness (QED) is 0.712. The summed E-state index contributed by atoms with van der Waals surface area (Å²) >= 11 is 0. The van der Waals surface area contributed by atoms with E-state index in [2.05, 4.69) is 28.2 Å². The van der Waals surface area contributed by atoms with Crippen LogP contribution in [0.25, 0.3) is 0 Å². The van der Waals surface area contributed by atoms with Crippen LogP contribution in [-0.2, 0) is 16.0 Å². The van der Waals surface area contributed by atoms with Crippen molar-refractivity contribution in [2.24, 2.45) is 0 Å². The van der Waals surface area contributed by atoms with Gasteiger partial charge in [0.05, 0.1) is 13.2 Å². The van der Waals surface area contributed by atoms with Crippen LogP contribution in [0, 0.1) is 6.92 Å². The molecule has 21 heavy (non-hydrogen) atoms. The molecule has 5 heteroatoms. The van der Waals surface area contributed by atoms with Crippen LogP contribution in [-0.4, -0.2) is 51.5 Å². The van der Waals surface area contributed by atoms with Crippen LogP contribution < -0.4 is 10.2 Å². The number of nitrogens with one attached hydrogen (secondary N) is 1. The van der Waals surface area contributed by atoms with Crippen molar-refractivity contribution < 1.29 is 9.47 Å². The van der Waals surface area contributed by atoms with Crippen molar-refractivity contribution >= 4 is 5.82 Å². The maximum Gasteiger partial charge on any atom is 0.131 e. The summed E-state index contributed by atoms with van der Waals surface area (Å²) in [5, 5.41) is 3.52. The Bertz CT molecular complexity index is 428. The first-order valence-electron chi connectivity index (χ1n) is 7.66. The van der Waals surface area contributed by atoms with Crippen molar-refractivity contribution in [2.75, 3.05) is 45.4 Å². The summed E-state index contributed by atoms with van der Waals surface area (Å²) in [4.78, 5) is 6.88. The molecule has 0 amide bonds. The maximum atomic E-state index is 5.19. The molecular formula is C16H27N3O2. The number of aryl methyl sites for hydroxylation is 1. The van der Waals surface area contributed by atoms with Crippen molar-refractivity contribution in [3.63, 3.8) is 0 Å². The van der Waals surface area contributed by atoms with E-state index in [9.17, 15) is 0 Å². The molecule has 1 aliphatic rings. The molecule has 0 atom stereocenters. The minimum atomic E-state index is 0.690. The second kappa shape index (κ2) is 8.32. The molecule has 0 aliphatic heterocycles. The minimum absolute atomic E-state index is 0.690. The highest BCUT2D eigenvalue weighted by molar-refractivity contribution is 5.47. The van der Waals surface area contributed by atoms with Gasteiger partial charge in [0.25, 0.3) is 0 Å². The van der Waals surface area contributed by atoms with E-state index >= 15 is 0 Å². The van der Waals surface area contributed by atoms with Gasteiger partial charge in [-0.15, -0.1) is 0 Å². The molecule has 2 rings (SSSR count). The van der Waals surface area contributed by atoms with Crippen LogP contribution in [0.4, 0.5) is 5.82 Å². The van der Waals surface area contributed by atoms with E-state index in [-0.39, 0.29) is 0 Å². The number of anilines is 1. The second-order valence-electron chi connectivity index (χ2n) is 5.61. The summed E-state index contributed by atoms with van der Waals surface area (Å²) in [7, 11) is 3.45. The van der Waals surface area contributed by atoms with E-state index in [0.29, 0.717) is 13.2 Å². The molecule has 5 nitrogen and oxygen atoms in total. The van der Waals surface area contributed by atoms with Crippen molar-refractivity contribution in [3.8, 4) is 0 Å². The number of aromatic nitrogens is 1. The van der Waals surface area contributed by atoms with Crippen LogP contribution in [0.1, 0.15) is 24.0 Å². The molecule has 1 N–H and O–H groups in total. The Kier molecular flexibility index (Phi) is 6.42. The molecule has 1 aromatic rings. The summed E-state index contributed by atoms with van der Waals surface area (Å²) in [6.07, 6.45) is 4.60. The van der Waals surface area contributed by atoms with E-state index in [0.717, 1.165) is 31.5 Å². The normalized spacial score (nSPS) is 14.4. The summed E-state index contributed by atoms with van der Waals surface area (Å²) < 4.78 is 10.4. The van der Waals surface area contributed by atoms with E-state index in [1.807, 2.05) is 6.20 Å². The molecule has 1 heterocycles. The van der Waals surface area contributed by atoms with Crippen LogP contribution in [0.2, 0.25) is 0 Å². The van der Waals surface area contributed by atoms with Crippen LogP contribution in [0.3, 0.4) is 0 Å². The molecule has 0 bridgehead atoms. The van der Waals surface area contributed by atoms with Crippen molar-refractivity contribution in [1.82, 2.24) is 10.3 Å². The highest BCUT2D eigenvalue weighted by atomic mass is 16.5. The molecule has 0 aromatic carbocycles. The Hall–Kier alpha value is -1.17. The zero-order valence-corrected chi connectivity index (χ0v) is 13.4. The first-order valence-corrected chi connectivity index (χ1v) is 7.66. The predicted molar refractivity (Wildman–Crippen MR) is 84.8 cm³/mol. The predicted octanol–water partition coefficient (Wildman–Crippen LogP) is 1.74. The number of ether oxygens (including phenoxy) is 2. The summed E-state index contributed by atoms with van der Waals surface area (Å²) in [5.74, 6) is 1.03. The summed E-state index contributed by atoms with van der Waals surface area (Å²) in [6.45, 7) is 6.07. The zero-order chi connectivity index (χ0) is 15.1. The fourth-order valence-electron chi connectivity index (χ4n) is 2.33.